The number of anilines is 1. The molecule has 0 aliphatic rings. The van der Waals surface area contributed by atoms with Gasteiger partial charge in [0.05, 0.1) is 6.61 Å². The van der Waals surface area contributed by atoms with Crippen molar-refractivity contribution < 1.29 is 4.74 Å². The molecule has 1 rings (SSSR count). The average Bonchev–Trinajstić information content (AvgIpc) is 2.30. The Labute approximate surface area is 101 Å². The zero-order valence-corrected chi connectivity index (χ0v) is 10.5. The molecule has 88 valence electrons. The molecule has 5 heteroatoms. The number of thiocarbonyl (C=S) groups is 1. The Hall–Kier alpha value is -1.20. The lowest BCUT2D eigenvalue weighted by Gasteiger charge is -2.21. The van der Waals surface area contributed by atoms with E-state index >= 15 is 0 Å². The fourth-order valence-corrected chi connectivity index (χ4v) is 1.48. The molecule has 0 aliphatic carbocycles. The van der Waals surface area contributed by atoms with Crippen LogP contribution in [-0.2, 0) is 4.74 Å². The minimum atomic E-state index is 0.374. The lowest BCUT2D eigenvalue weighted by molar-refractivity contribution is 0.205. The summed E-state index contributed by atoms with van der Waals surface area (Å²) in [5, 5.41) is 0. The highest BCUT2D eigenvalue weighted by Crippen LogP contribution is 2.10. The van der Waals surface area contributed by atoms with Crippen LogP contribution in [-0.4, -0.2) is 36.8 Å². The van der Waals surface area contributed by atoms with Crippen molar-refractivity contribution in [1.29, 1.82) is 0 Å². The molecule has 0 radical (unpaired) electrons. The summed E-state index contributed by atoms with van der Waals surface area (Å²) in [6.07, 6.45) is 1.70. The molecular weight excluding hydrogens is 222 g/mol. The van der Waals surface area contributed by atoms with E-state index in [1.165, 1.54) is 0 Å². The first-order valence-electron chi connectivity index (χ1n) is 5.18. The summed E-state index contributed by atoms with van der Waals surface area (Å²) in [6.45, 7) is 4.49. The van der Waals surface area contributed by atoms with Crippen LogP contribution in [0.15, 0.2) is 18.3 Å². The number of hydrogen-bond donors (Lipinski definition) is 1. The van der Waals surface area contributed by atoms with E-state index in [9.17, 15) is 0 Å². The largest absolute Gasteiger partial charge is 0.389 e. The molecule has 0 aromatic carbocycles. The van der Waals surface area contributed by atoms with Gasteiger partial charge in [-0.2, -0.15) is 0 Å². The van der Waals surface area contributed by atoms with E-state index < -0.39 is 0 Å². The Morgan fingerprint density at radius 3 is 2.75 bits per heavy atom. The summed E-state index contributed by atoms with van der Waals surface area (Å²) in [4.78, 5) is 6.83. The van der Waals surface area contributed by atoms with E-state index in [1.54, 1.807) is 13.3 Å². The number of pyridine rings is 1. The first-order valence-corrected chi connectivity index (χ1v) is 5.59. The van der Waals surface area contributed by atoms with Crippen LogP contribution in [0.25, 0.3) is 0 Å². The van der Waals surface area contributed by atoms with Crippen LogP contribution in [0, 0.1) is 0 Å². The Kier molecular flexibility index (Phi) is 5.14. The highest BCUT2D eigenvalue weighted by atomic mass is 32.1. The quantitative estimate of drug-likeness (QED) is 0.756. The van der Waals surface area contributed by atoms with Crippen molar-refractivity contribution in [3.05, 3.63) is 23.9 Å². The lowest BCUT2D eigenvalue weighted by Crippen LogP contribution is -2.27. The van der Waals surface area contributed by atoms with Crippen LogP contribution in [0.1, 0.15) is 12.5 Å². The SMILES string of the molecule is CCN(CCOC)c1ccc(C(N)=S)cn1. The number of methoxy groups -OCH3 is 1. The summed E-state index contributed by atoms with van der Waals surface area (Å²) in [5.74, 6) is 0.916. The van der Waals surface area contributed by atoms with Crippen molar-refractivity contribution >= 4 is 23.0 Å². The van der Waals surface area contributed by atoms with E-state index in [4.69, 9.17) is 22.7 Å². The van der Waals surface area contributed by atoms with Crippen molar-refractivity contribution in [3.63, 3.8) is 0 Å². The molecule has 16 heavy (non-hydrogen) atoms. The van der Waals surface area contributed by atoms with Gasteiger partial charge < -0.3 is 15.4 Å². The van der Waals surface area contributed by atoms with Gasteiger partial charge in [-0.05, 0) is 19.1 Å². The maximum Gasteiger partial charge on any atom is 0.128 e. The van der Waals surface area contributed by atoms with Gasteiger partial charge in [0.15, 0.2) is 0 Å². The van der Waals surface area contributed by atoms with E-state index in [0.29, 0.717) is 11.6 Å². The molecule has 4 nitrogen and oxygen atoms in total. The van der Waals surface area contributed by atoms with Crippen LogP contribution < -0.4 is 10.6 Å². The van der Waals surface area contributed by atoms with Crippen LogP contribution in [0.2, 0.25) is 0 Å². The van der Waals surface area contributed by atoms with Crippen molar-refractivity contribution in [2.75, 3.05) is 31.7 Å². The number of nitrogens with two attached hydrogens (primary N) is 1. The van der Waals surface area contributed by atoms with Crippen molar-refractivity contribution in [2.24, 2.45) is 5.73 Å². The van der Waals surface area contributed by atoms with Gasteiger partial charge in [-0.1, -0.05) is 12.2 Å². The molecule has 0 atom stereocenters. The van der Waals surface area contributed by atoms with Crippen LogP contribution >= 0.6 is 12.2 Å². The number of rotatable bonds is 6. The summed E-state index contributed by atoms with van der Waals surface area (Å²) in [5.41, 5.74) is 6.30. The number of hydrogen-bond acceptors (Lipinski definition) is 4. The van der Waals surface area contributed by atoms with Crippen molar-refractivity contribution in [3.8, 4) is 0 Å². The molecule has 0 fully saturated rings. The third-order valence-electron chi connectivity index (χ3n) is 2.30. The Morgan fingerprint density at radius 1 is 1.56 bits per heavy atom. The second-order valence-electron chi connectivity index (χ2n) is 3.34. The predicted octanol–water partition coefficient (Wildman–Crippen LogP) is 1.19. The van der Waals surface area contributed by atoms with E-state index in [2.05, 4.69) is 16.8 Å². The smallest absolute Gasteiger partial charge is 0.128 e. The van der Waals surface area contributed by atoms with Gasteiger partial charge in [-0.15, -0.1) is 0 Å². The standard InChI is InChI=1S/C11H17N3OS/c1-3-14(6-7-15-2)10-5-4-9(8-13-10)11(12)16/h4-5,8H,3,6-7H2,1-2H3,(H2,12,16). The molecule has 0 unspecified atom stereocenters. The molecule has 0 aliphatic heterocycles. The first-order chi connectivity index (χ1) is 7.69. The van der Waals surface area contributed by atoms with E-state index in [-0.39, 0.29) is 0 Å². The highest BCUT2D eigenvalue weighted by molar-refractivity contribution is 7.80. The molecule has 0 amide bonds. The second-order valence-corrected chi connectivity index (χ2v) is 3.78. The van der Waals surface area contributed by atoms with Gasteiger partial charge in [0.2, 0.25) is 0 Å². The molecule has 0 saturated heterocycles. The van der Waals surface area contributed by atoms with Gasteiger partial charge in [0.1, 0.15) is 10.8 Å². The van der Waals surface area contributed by atoms with Crippen molar-refractivity contribution in [1.82, 2.24) is 4.98 Å². The fraction of sp³-hybridized carbons (Fsp3) is 0.455. The second kappa shape index (κ2) is 6.40. The minimum absolute atomic E-state index is 0.374. The highest BCUT2D eigenvalue weighted by Gasteiger charge is 2.05. The zero-order valence-electron chi connectivity index (χ0n) is 9.64. The number of aromatic nitrogens is 1. The zero-order chi connectivity index (χ0) is 12.0. The molecule has 0 saturated carbocycles. The normalized spacial score (nSPS) is 10.1. The number of ether oxygens (including phenoxy) is 1. The van der Waals surface area contributed by atoms with Gasteiger partial charge in [0, 0.05) is 32.0 Å². The maximum absolute atomic E-state index is 5.51. The summed E-state index contributed by atoms with van der Waals surface area (Å²) < 4.78 is 5.05. The molecular formula is C11H17N3OS. The lowest BCUT2D eigenvalue weighted by atomic mass is 10.3. The molecule has 1 aromatic rings. The van der Waals surface area contributed by atoms with Crippen molar-refractivity contribution in [2.45, 2.75) is 6.92 Å². The van der Waals surface area contributed by atoms with Gasteiger partial charge in [-0.25, -0.2) is 4.98 Å². The van der Waals surface area contributed by atoms with E-state index in [0.717, 1.165) is 24.5 Å². The molecule has 1 heterocycles. The first kappa shape index (κ1) is 12.9. The Balaban J connectivity index is 2.74. The number of nitrogens with zero attached hydrogens (tertiary/aromatic N) is 2. The number of likely N-dealkylation sites (N-methyl/N-ethyl adjacent to an activating group) is 1. The van der Waals surface area contributed by atoms with Crippen LogP contribution in [0.5, 0.6) is 0 Å². The monoisotopic (exact) mass is 239 g/mol. The van der Waals surface area contributed by atoms with Crippen LogP contribution in [0.3, 0.4) is 0 Å². The third-order valence-corrected chi connectivity index (χ3v) is 2.54. The molecule has 1 aromatic heterocycles. The summed E-state index contributed by atoms with van der Waals surface area (Å²) in [7, 11) is 1.69. The van der Waals surface area contributed by atoms with Crippen LogP contribution in [0.4, 0.5) is 5.82 Å². The van der Waals surface area contributed by atoms with E-state index in [1.807, 2.05) is 12.1 Å². The predicted molar refractivity (Wildman–Crippen MR) is 69.9 cm³/mol. The topological polar surface area (TPSA) is 51.4 Å². The minimum Gasteiger partial charge on any atom is -0.389 e. The summed E-state index contributed by atoms with van der Waals surface area (Å²) >= 11 is 4.87. The van der Waals surface area contributed by atoms with Gasteiger partial charge in [-0.3, -0.25) is 0 Å². The van der Waals surface area contributed by atoms with Gasteiger partial charge >= 0.3 is 0 Å². The molecule has 0 bridgehead atoms. The Bertz CT molecular complexity index is 340. The Morgan fingerprint density at radius 2 is 2.31 bits per heavy atom. The third kappa shape index (κ3) is 3.43. The maximum atomic E-state index is 5.51. The molecule has 2 N–H and O–H groups in total. The fourth-order valence-electron chi connectivity index (χ4n) is 1.36. The van der Waals surface area contributed by atoms with Gasteiger partial charge in [0.25, 0.3) is 0 Å². The molecule has 0 spiro atoms. The average molecular weight is 239 g/mol. The summed E-state index contributed by atoms with van der Waals surface area (Å²) in [6, 6.07) is 3.81.